The molecule has 1 aromatic carbocycles. The van der Waals surface area contributed by atoms with Crippen LogP contribution in [-0.4, -0.2) is 44.5 Å². The number of imide groups is 1. The number of aromatic nitrogens is 2. The number of carbonyl (C=O) groups is 3. The van der Waals surface area contributed by atoms with E-state index in [-0.39, 0.29) is 11.3 Å². The predicted octanol–water partition coefficient (Wildman–Crippen LogP) is 2.49. The van der Waals surface area contributed by atoms with Crippen molar-refractivity contribution in [2.24, 2.45) is 0 Å². The van der Waals surface area contributed by atoms with Crippen LogP contribution in [0.5, 0.6) is 0 Å². The van der Waals surface area contributed by atoms with Gasteiger partial charge in [0.2, 0.25) is 0 Å². The molecule has 1 aromatic heterocycles. The molecule has 2 heterocycles. The first-order valence-electron chi connectivity index (χ1n) is 9.08. The van der Waals surface area contributed by atoms with Crippen LogP contribution in [0.4, 0.5) is 4.79 Å². The Morgan fingerprint density at radius 2 is 1.96 bits per heavy atom. The number of carboxylic acids is 1. The van der Waals surface area contributed by atoms with Gasteiger partial charge < -0.3 is 9.67 Å². The van der Waals surface area contributed by atoms with Crippen molar-refractivity contribution in [3.05, 3.63) is 58.8 Å². The lowest BCUT2D eigenvalue weighted by atomic mass is 10.1. The number of aryl methyl sites for hydroxylation is 1. The van der Waals surface area contributed by atoms with E-state index in [9.17, 15) is 14.4 Å². The number of nitrogens with one attached hydrogen (secondary N) is 1. The maximum Gasteiger partial charge on any atom is 0.335 e. The number of rotatable bonds is 7. The SMILES string of the molecule is CCCCc1ncc(/C=C2\C(=O)NC(=O)N2C)n1Cc1ccc(C(=O)O)cc1. The Balaban J connectivity index is 1.95. The second kappa shape index (κ2) is 8.08. The van der Waals surface area contributed by atoms with E-state index in [2.05, 4.69) is 17.2 Å². The van der Waals surface area contributed by atoms with Gasteiger partial charge >= 0.3 is 12.0 Å². The summed E-state index contributed by atoms with van der Waals surface area (Å²) in [5.41, 5.74) is 2.11. The Kier molecular flexibility index (Phi) is 5.58. The van der Waals surface area contributed by atoms with Gasteiger partial charge in [-0.25, -0.2) is 14.6 Å². The summed E-state index contributed by atoms with van der Waals surface area (Å²) >= 11 is 0. The van der Waals surface area contributed by atoms with Gasteiger partial charge in [-0.05, 0) is 30.2 Å². The maximum atomic E-state index is 12.0. The molecule has 1 aliphatic heterocycles. The van der Waals surface area contributed by atoms with Crippen LogP contribution >= 0.6 is 0 Å². The zero-order valence-electron chi connectivity index (χ0n) is 15.8. The number of likely N-dealkylation sites (N-methyl/N-ethyl adjacent to an activating group) is 1. The van der Waals surface area contributed by atoms with E-state index in [0.29, 0.717) is 12.2 Å². The van der Waals surface area contributed by atoms with Gasteiger partial charge in [-0.2, -0.15) is 0 Å². The number of unbranched alkanes of at least 4 members (excludes halogenated alkanes) is 1. The molecule has 28 heavy (non-hydrogen) atoms. The molecule has 1 fully saturated rings. The van der Waals surface area contributed by atoms with Crippen LogP contribution in [0.2, 0.25) is 0 Å². The smallest absolute Gasteiger partial charge is 0.335 e. The van der Waals surface area contributed by atoms with Gasteiger partial charge in [0.05, 0.1) is 17.5 Å². The Morgan fingerprint density at radius 1 is 1.25 bits per heavy atom. The number of hydrogen-bond acceptors (Lipinski definition) is 4. The highest BCUT2D eigenvalue weighted by molar-refractivity contribution is 6.13. The molecule has 0 saturated carbocycles. The number of urea groups is 1. The Labute approximate surface area is 162 Å². The zero-order chi connectivity index (χ0) is 20.3. The second-order valence-corrected chi connectivity index (χ2v) is 6.64. The number of imidazole rings is 1. The van der Waals surface area contributed by atoms with E-state index in [1.807, 2.05) is 4.57 Å². The van der Waals surface area contributed by atoms with Crippen molar-refractivity contribution < 1.29 is 19.5 Å². The van der Waals surface area contributed by atoms with Crippen molar-refractivity contribution in [1.82, 2.24) is 19.8 Å². The van der Waals surface area contributed by atoms with Gasteiger partial charge in [-0.15, -0.1) is 0 Å². The highest BCUT2D eigenvalue weighted by Crippen LogP contribution is 2.19. The minimum atomic E-state index is -0.969. The van der Waals surface area contributed by atoms with Crippen LogP contribution in [0.3, 0.4) is 0 Å². The molecule has 3 amide bonds. The number of nitrogens with zero attached hydrogens (tertiary/aromatic N) is 3. The Hall–Kier alpha value is -3.42. The summed E-state index contributed by atoms with van der Waals surface area (Å²) in [4.78, 5) is 40.5. The number of benzene rings is 1. The summed E-state index contributed by atoms with van der Waals surface area (Å²) in [7, 11) is 1.54. The largest absolute Gasteiger partial charge is 0.478 e. The third-order valence-corrected chi connectivity index (χ3v) is 4.67. The minimum absolute atomic E-state index is 0.227. The molecule has 1 saturated heterocycles. The molecular formula is C20H22N4O4. The normalized spacial score (nSPS) is 15.4. The van der Waals surface area contributed by atoms with E-state index in [1.165, 1.54) is 11.9 Å². The predicted molar refractivity (Wildman–Crippen MR) is 103 cm³/mol. The van der Waals surface area contributed by atoms with Crippen molar-refractivity contribution in [2.45, 2.75) is 32.7 Å². The van der Waals surface area contributed by atoms with E-state index >= 15 is 0 Å². The van der Waals surface area contributed by atoms with Gasteiger partial charge in [-0.3, -0.25) is 15.0 Å². The number of hydrogen-bond donors (Lipinski definition) is 2. The van der Waals surface area contributed by atoms with Crippen molar-refractivity contribution in [2.75, 3.05) is 7.05 Å². The molecule has 0 bridgehead atoms. The molecule has 8 heteroatoms. The zero-order valence-corrected chi connectivity index (χ0v) is 15.8. The first kappa shape index (κ1) is 19.3. The summed E-state index contributed by atoms with van der Waals surface area (Å²) in [6.45, 7) is 2.58. The lowest BCUT2D eigenvalue weighted by molar-refractivity contribution is -0.115. The van der Waals surface area contributed by atoms with E-state index in [0.717, 1.165) is 30.7 Å². The molecule has 146 valence electrons. The van der Waals surface area contributed by atoms with Crippen molar-refractivity contribution in [3.8, 4) is 0 Å². The summed E-state index contributed by atoms with van der Waals surface area (Å²) in [6.07, 6.45) is 6.12. The highest BCUT2D eigenvalue weighted by atomic mass is 16.4. The van der Waals surface area contributed by atoms with Gasteiger partial charge in [0.1, 0.15) is 11.5 Å². The van der Waals surface area contributed by atoms with Gasteiger partial charge in [0.25, 0.3) is 5.91 Å². The standard InChI is InChI=1S/C20H22N4O4/c1-3-4-5-17-21-11-15(10-16-18(25)22-20(28)23(16)2)24(17)12-13-6-8-14(9-7-13)19(26)27/h6-11H,3-5,12H2,1-2H3,(H,26,27)(H,22,25,28)/b16-10+. The maximum absolute atomic E-state index is 12.0. The molecule has 1 aliphatic rings. The minimum Gasteiger partial charge on any atom is -0.478 e. The van der Waals surface area contributed by atoms with Crippen LogP contribution in [-0.2, 0) is 17.8 Å². The number of aromatic carboxylic acids is 1. The second-order valence-electron chi connectivity index (χ2n) is 6.64. The molecule has 2 aromatic rings. The first-order valence-corrected chi connectivity index (χ1v) is 9.08. The lowest BCUT2D eigenvalue weighted by Crippen LogP contribution is -2.24. The van der Waals surface area contributed by atoms with Crippen molar-refractivity contribution in [1.29, 1.82) is 0 Å². The molecule has 3 rings (SSSR count). The van der Waals surface area contributed by atoms with E-state index < -0.39 is 17.9 Å². The average molecular weight is 382 g/mol. The number of amides is 3. The monoisotopic (exact) mass is 382 g/mol. The van der Waals surface area contributed by atoms with Crippen LogP contribution in [0.1, 0.15) is 47.2 Å². The third-order valence-electron chi connectivity index (χ3n) is 4.67. The van der Waals surface area contributed by atoms with Crippen molar-refractivity contribution >= 4 is 24.0 Å². The number of carboxylic acid groups (broad SMARTS) is 1. The molecular weight excluding hydrogens is 360 g/mol. The highest BCUT2D eigenvalue weighted by Gasteiger charge is 2.30. The Morgan fingerprint density at radius 3 is 2.54 bits per heavy atom. The van der Waals surface area contributed by atoms with Gasteiger partial charge in [-0.1, -0.05) is 25.5 Å². The fraction of sp³-hybridized carbons (Fsp3) is 0.300. The van der Waals surface area contributed by atoms with Crippen LogP contribution in [0.15, 0.2) is 36.2 Å². The molecule has 0 aliphatic carbocycles. The fourth-order valence-electron chi connectivity index (χ4n) is 3.01. The third kappa shape index (κ3) is 3.95. The quantitative estimate of drug-likeness (QED) is 0.565. The van der Waals surface area contributed by atoms with Crippen LogP contribution < -0.4 is 5.32 Å². The topological polar surface area (TPSA) is 105 Å². The fourth-order valence-corrected chi connectivity index (χ4v) is 3.01. The van der Waals surface area contributed by atoms with Crippen LogP contribution in [0.25, 0.3) is 6.08 Å². The van der Waals surface area contributed by atoms with Gasteiger partial charge in [0, 0.05) is 20.0 Å². The molecule has 0 radical (unpaired) electrons. The molecule has 0 spiro atoms. The average Bonchev–Trinajstić information content (AvgIpc) is 3.15. The molecule has 0 atom stereocenters. The first-order chi connectivity index (χ1) is 13.4. The van der Waals surface area contributed by atoms with Crippen LogP contribution in [0, 0.1) is 0 Å². The molecule has 2 N–H and O–H groups in total. The van der Waals surface area contributed by atoms with E-state index in [1.54, 1.807) is 36.5 Å². The summed E-state index contributed by atoms with van der Waals surface area (Å²) in [5, 5.41) is 11.3. The molecule has 0 unspecified atom stereocenters. The van der Waals surface area contributed by atoms with Crippen molar-refractivity contribution in [3.63, 3.8) is 0 Å². The molecule has 8 nitrogen and oxygen atoms in total. The Bertz CT molecular complexity index is 944. The van der Waals surface area contributed by atoms with E-state index in [4.69, 9.17) is 5.11 Å². The summed E-state index contributed by atoms with van der Waals surface area (Å²) < 4.78 is 1.99. The summed E-state index contributed by atoms with van der Waals surface area (Å²) in [6, 6.07) is 6.20. The van der Waals surface area contributed by atoms with Gasteiger partial charge in [0.15, 0.2) is 0 Å². The lowest BCUT2D eigenvalue weighted by Gasteiger charge is -2.12. The number of carbonyl (C=O) groups excluding carboxylic acids is 2. The summed E-state index contributed by atoms with van der Waals surface area (Å²) in [5.74, 6) is -0.534.